The molecule has 2 aromatic rings. The lowest BCUT2D eigenvalue weighted by atomic mass is 10.2. The van der Waals surface area contributed by atoms with Crippen LogP contribution in [-0.2, 0) is 4.74 Å². The average Bonchev–Trinajstić information content (AvgIpc) is 3.22. The second kappa shape index (κ2) is 8.16. The van der Waals surface area contributed by atoms with Crippen molar-refractivity contribution in [2.75, 3.05) is 58.5 Å². The molecule has 3 rings (SSSR count). The Hall–Kier alpha value is -1.64. The van der Waals surface area contributed by atoms with Gasteiger partial charge in [-0.3, -0.25) is 4.90 Å². The summed E-state index contributed by atoms with van der Waals surface area (Å²) in [5.74, 6) is 0.691. The molecule has 1 saturated heterocycles. The van der Waals surface area contributed by atoms with Crippen LogP contribution < -0.4 is 9.64 Å². The van der Waals surface area contributed by atoms with E-state index in [1.54, 1.807) is 11.3 Å². The first-order valence-corrected chi connectivity index (χ1v) is 9.55. The molecular formula is C17H27N5O2S. The fourth-order valence-corrected chi connectivity index (χ4v) is 3.91. The highest BCUT2D eigenvalue weighted by Gasteiger charge is 2.22. The van der Waals surface area contributed by atoms with Gasteiger partial charge in [-0.15, -0.1) is 0 Å². The molecule has 1 aliphatic rings. The van der Waals surface area contributed by atoms with Crippen molar-refractivity contribution in [2.45, 2.75) is 19.9 Å². The van der Waals surface area contributed by atoms with Gasteiger partial charge < -0.3 is 18.9 Å². The zero-order valence-electron chi connectivity index (χ0n) is 15.4. The molecule has 3 heterocycles. The first kappa shape index (κ1) is 18.2. The molecule has 0 bridgehead atoms. The number of thiazole rings is 1. The van der Waals surface area contributed by atoms with Crippen LogP contribution in [0.25, 0.3) is 10.6 Å². The van der Waals surface area contributed by atoms with Crippen molar-refractivity contribution in [3.8, 4) is 16.5 Å². The van der Waals surface area contributed by atoms with Crippen molar-refractivity contribution in [1.82, 2.24) is 19.4 Å². The van der Waals surface area contributed by atoms with Crippen molar-refractivity contribution < 1.29 is 9.47 Å². The van der Waals surface area contributed by atoms with Gasteiger partial charge in [0.05, 0.1) is 38.0 Å². The monoisotopic (exact) mass is 365 g/mol. The van der Waals surface area contributed by atoms with E-state index >= 15 is 0 Å². The fourth-order valence-electron chi connectivity index (χ4n) is 2.96. The summed E-state index contributed by atoms with van der Waals surface area (Å²) in [6.07, 6.45) is 3.82. The minimum atomic E-state index is 0.315. The van der Waals surface area contributed by atoms with Gasteiger partial charge in [-0.05, 0) is 13.8 Å². The number of nitrogens with zero attached hydrogens (tertiary/aromatic N) is 5. The Morgan fingerprint density at radius 3 is 2.80 bits per heavy atom. The van der Waals surface area contributed by atoms with Crippen LogP contribution in [0.15, 0.2) is 12.5 Å². The molecule has 0 N–H and O–H groups in total. The summed E-state index contributed by atoms with van der Waals surface area (Å²) in [5.41, 5.74) is 1.06. The van der Waals surface area contributed by atoms with E-state index in [1.807, 2.05) is 38.4 Å². The molecule has 25 heavy (non-hydrogen) atoms. The normalized spacial score (nSPS) is 16.8. The Kier molecular flexibility index (Phi) is 5.93. The molecular weight excluding hydrogens is 338 g/mol. The number of imidazole rings is 1. The Balaban J connectivity index is 1.85. The molecule has 0 amide bonds. The third kappa shape index (κ3) is 4.13. The summed E-state index contributed by atoms with van der Waals surface area (Å²) in [7, 11) is 3.99. The van der Waals surface area contributed by atoms with E-state index in [0.29, 0.717) is 18.5 Å². The predicted molar refractivity (Wildman–Crippen MR) is 101 cm³/mol. The molecule has 0 radical (unpaired) electrons. The molecule has 1 fully saturated rings. The van der Waals surface area contributed by atoms with E-state index in [1.165, 1.54) is 0 Å². The molecule has 0 saturated carbocycles. The van der Waals surface area contributed by atoms with Crippen molar-refractivity contribution in [3.63, 3.8) is 0 Å². The largest absolute Gasteiger partial charge is 0.477 e. The van der Waals surface area contributed by atoms with Crippen molar-refractivity contribution in [3.05, 3.63) is 12.5 Å². The smallest absolute Gasteiger partial charge is 0.236 e. The maximum Gasteiger partial charge on any atom is 0.236 e. The second-order valence-electron chi connectivity index (χ2n) is 6.41. The molecule has 0 spiro atoms. The molecule has 0 aromatic carbocycles. The first-order valence-electron chi connectivity index (χ1n) is 8.73. The first-order chi connectivity index (χ1) is 12.1. The number of anilines is 1. The van der Waals surface area contributed by atoms with E-state index in [0.717, 1.165) is 48.6 Å². The van der Waals surface area contributed by atoms with E-state index in [4.69, 9.17) is 9.47 Å². The van der Waals surface area contributed by atoms with Gasteiger partial charge in [0, 0.05) is 39.8 Å². The Labute approximate surface area is 153 Å². The zero-order chi connectivity index (χ0) is 17.8. The lowest BCUT2D eigenvalue weighted by Crippen LogP contribution is -2.39. The molecule has 1 atom stereocenters. The zero-order valence-corrected chi connectivity index (χ0v) is 16.3. The standard InChI is InChI=1S/C17H27N5O2S/c1-5-24-16-15(25-17(19-16)20(3)4)14-10-18-12-22(14)13(2)11-21-6-8-23-9-7-21/h10,12-13H,5-9,11H2,1-4H3/t13-/m0/s1. The van der Waals surface area contributed by atoms with Crippen LogP contribution in [-0.4, -0.2) is 73.0 Å². The highest BCUT2D eigenvalue weighted by Crippen LogP contribution is 2.39. The van der Waals surface area contributed by atoms with E-state index in [9.17, 15) is 0 Å². The van der Waals surface area contributed by atoms with Crippen LogP contribution in [0.3, 0.4) is 0 Å². The van der Waals surface area contributed by atoms with Crippen LogP contribution in [0, 0.1) is 0 Å². The van der Waals surface area contributed by atoms with Gasteiger partial charge in [0.2, 0.25) is 5.88 Å². The molecule has 138 valence electrons. The third-order valence-corrected chi connectivity index (χ3v) is 5.47. The Morgan fingerprint density at radius 2 is 2.12 bits per heavy atom. The quantitative estimate of drug-likeness (QED) is 0.751. The summed E-state index contributed by atoms with van der Waals surface area (Å²) in [6.45, 7) is 9.41. The van der Waals surface area contributed by atoms with Crippen LogP contribution in [0.1, 0.15) is 19.9 Å². The van der Waals surface area contributed by atoms with Gasteiger partial charge in [-0.2, -0.15) is 4.98 Å². The maximum atomic E-state index is 5.78. The van der Waals surface area contributed by atoms with E-state index in [2.05, 4.69) is 26.4 Å². The van der Waals surface area contributed by atoms with Crippen molar-refractivity contribution in [1.29, 1.82) is 0 Å². The summed E-state index contributed by atoms with van der Waals surface area (Å²) < 4.78 is 13.5. The number of hydrogen-bond acceptors (Lipinski definition) is 7. The summed E-state index contributed by atoms with van der Waals surface area (Å²) in [6, 6.07) is 0.315. The lowest BCUT2D eigenvalue weighted by molar-refractivity contribution is 0.0326. The topological polar surface area (TPSA) is 55.7 Å². The van der Waals surface area contributed by atoms with Gasteiger partial charge >= 0.3 is 0 Å². The van der Waals surface area contributed by atoms with E-state index in [-0.39, 0.29) is 0 Å². The number of ether oxygens (including phenoxy) is 2. The molecule has 2 aromatic heterocycles. The van der Waals surface area contributed by atoms with Gasteiger partial charge in [0.15, 0.2) is 5.13 Å². The summed E-state index contributed by atoms with van der Waals surface area (Å²) in [5, 5.41) is 0.937. The molecule has 0 unspecified atom stereocenters. The highest BCUT2D eigenvalue weighted by molar-refractivity contribution is 7.19. The highest BCUT2D eigenvalue weighted by atomic mass is 32.1. The Morgan fingerprint density at radius 1 is 1.36 bits per heavy atom. The maximum absolute atomic E-state index is 5.78. The second-order valence-corrected chi connectivity index (χ2v) is 7.38. The minimum absolute atomic E-state index is 0.315. The summed E-state index contributed by atoms with van der Waals surface area (Å²) >= 11 is 1.64. The van der Waals surface area contributed by atoms with E-state index < -0.39 is 0 Å². The molecule has 1 aliphatic heterocycles. The average molecular weight is 366 g/mol. The van der Waals surface area contributed by atoms with Gasteiger partial charge in [0.1, 0.15) is 4.88 Å². The number of morpholine rings is 1. The number of aromatic nitrogens is 3. The van der Waals surface area contributed by atoms with Crippen molar-refractivity contribution in [2.24, 2.45) is 0 Å². The molecule has 0 aliphatic carbocycles. The molecule has 7 nitrogen and oxygen atoms in total. The van der Waals surface area contributed by atoms with Crippen LogP contribution in [0.4, 0.5) is 5.13 Å². The summed E-state index contributed by atoms with van der Waals surface area (Å²) in [4.78, 5) is 14.5. The Bertz CT molecular complexity index is 678. The van der Waals surface area contributed by atoms with Crippen LogP contribution in [0.2, 0.25) is 0 Å². The number of rotatable bonds is 7. The molecule has 8 heteroatoms. The van der Waals surface area contributed by atoms with Crippen molar-refractivity contribution >= 4 is 16.5 Å². The third-order valence-electron chi connectivity index (χ3n) is 4.25. The number of hydrogen-bond donors (Lipinski definition) is 0. The van der Waals surface area contributed by atoms with Crippen LogP contribution in [0.5, 0.6) is 5.88 Å². The fraction of sp³-hybridized carbons (Fsp3) is 0.647. The minimum Gasteiger partial charge on any atom is -0.477 e. The SMILES string of the molecule is CCOc1nc(N(C)C)sc1-c1cncn1[C@@H](C)CN1CCOCC1. The van der Waals surface area contributed by atoms with Crippen LogP contribution >= 0.6 is 11.3 Å². The predicted octanol–water partition coefficient (Wildman–Crippen LogP) is 2.36. The lowest BCUT2D eigenvalue weighted by Gasteiger charge is -2.30. The van der Waals surface area contributed by atoms with Gasteiger partial charge in [-0.25, -0.2) is 4.98 Å². The van der Waals surface area contributed by atoms with Gasteiger partial charge in [-0.1, -0.05) is 11.3 Å². The van der Waals surface area contributed by atoms with Gasteiger partial charge in [0.25, 0.3) is 0 Å².